The molecule has 27 heavy (non-hydrogen) atoms. The summed E-state index contributed by atoms with van der Waals surface area (Å²) in [5.41, 5.74) is 0.986. The molecule has 0 aromatic carbocycles. The summed E-state index contributed by atoms with van der Waals surface area (Å²) in [5.74, 6) is 0.0804. The van der Waals surface area contributed by atoms with Crippen molar-refractivity contribution in [2.75, 3.05) is 18.4 Å². The molecule has 0 unspecified atom stereocenters. The Kier molecular flexibility index (Phi) is 5.98. The Morgan fingerprint density at radius 2 is 2.00 bits per heavy atom. The second-order valence-corrected chi connectivity index (χ2v) is 8.38. The fourth-order valence-corrected chi connectivity index (χ4v) is 3.53. The molecule has 3 rings (SSSR count). The number of carbonyl (C=O) groups is 2. The maximum absolute atomic E-state index is 12.6. The molecule has 0 aliphatic carbocycles. The monoisotopic (exact) mass is 408 g/mol. The number of ether oxygens (including phenoxy) is 1. The van der Waals surface area contributed by atoms with Crippen LogP contribution in [0.25, 0.3) is 0 Å². The van der Waals surface area contributed by atoms with Crippen molar-refractivity contribution in [1.82, 2.24) is 15.6 Å². The van der Waals surface area contributed by atoms with Gasteiger partial charge in [-0.25, -0.2) is 9.78 Å². The van der Waals surface area contributed by atoms with Crippen LogP contribution < -0.4 is 20.7 Å². The molecule has 7 nitrogen and oxygen atoms in total. The molecule has 2 aromatic heterocycles. The van der Waals surface area contributed by atoms with Gasteiger partial charge in [0, 0.05) is 18.7 Å². The maximum Gasteiger partial charge on any atom is 0.414 e. The Hall–Kier alpha value is -2.16. The number of amides is 2. The SMILES string of the molecule is CC(C)(NC(=O)Oc1ccc(Cl)s1)C(=O)Nc1ccc2c(n1)CCNCC2. The van der Waals surface area contributed by atoms with Crippen LogP contribution in [-0.4, -0.2) is 35.6 Å². The number of hydrogen-bond donors (Lipinski definition) is 3. The topological polar surface area (TPSA) is 92.3 Å². The zero-order valence-electron chi connectivity index (χ0n) is 15.1. The highest BCUT2D eigenvalue weighted by atomic mass is 35.5. The Morgan fingerprint density at radius 3 is 2.74 bits per heavy atom. The number of carbonyl (C=O) groups excluding carboxylic acids is 2. The molecule has 1 aliphatic rings. The molecular formula is C18H21ClN4O3S. The third-order valence-electron chi connectivity index (χ3n) is 4.14. The minimum atomic E-state index is -1.19. The number of aromatic nitrogens is 1. The van der Waals surface area contributed by atoms with E-state index in [4.69, 9.17) is 16.3 Å². The Balaban J connectivity index is 1.62. The molecule has 0 saturated heterocycles. The van der Waals surface area contributed by atoms with Crippen LogP contribution in [0.3, 0.4) is 0 Å². The van der Waals surface area contributed by atoms with Crippen molar-refractivity contribution < 1.29 is 14.3 Å². The van der Waals surface area contributed by atoms with Crippen LogP contribution in [0.5, 0.6) is 5.06 Å². The highest BCUT2D eigenvalue weighted by Crippen LogP contribution is 2.28. The number of anilines is 1. The average molecular weight is 409 g/mol. The number of thiophene rings is 1. The van der Waals surface area contributed by atoms with Crippen molar-refractivity contribution in [2.24, 2.45) is 0 Å². The van der Waals surface area contributed by atoms with Gasteiger partial charge in [0.1, 0.15) is 11.4 Å². The predicted octanol–water partition coefficient (Wildman–Crippen LogP) is 2.99. The molecule has 9 heteroatoms. The molecule has 144 valence electrons. The van der Waals surface area contributed by atoms with Gasteiger partial charge >= 0.3 is 6.09 Å². The van der Waals surface area contributed by atoms with Crippen LogP contribution in [0, 0.1) is 0 Å². The van der Waals surface area contributed by atoms with Crippen LogP contribution in [0.15, 0.2) is 24.3 Å². The van der Waals surface area contributed by atoms with Gasteiger partial charge in [-0.3, -0.25) is 4.79 Å². The van der Waals surface area contributed by atoms with Crippen molar-refractivity contribution >= 4 is 40.8 Å². The lowest BCUT2D eigenvalue weighted by Gasteiger charge is -2.24. The Labute approximate surface area is 166 Å². The molecule has 0 spiro atoms. The third kappa shape index (κ3) is 5.18. The zero-order chi connectivity index (χ0) is 19.4. The fraction of sp³-hybridized carbons (Fsp3) is 0.389. The summed E-state index contributed by atoms with van der Waals surface area (Å²) >= 11 is 6.94. The lowest BCUT2D eigenvalue weighted by atomic mass is 10.0. The summed E-state index contributed by atoms with van der Waals surface area (Å²) in [6.07, 6.45) is 1.01. The lowest BCUT2D eigenvalue weighted by Crippen LogP contribution is -2.53. The van der Waals surface area contributed by atoms with Crippen LogP contribution in [0.1, 0.15) is 25.1 Å². The summed E-state index contributed by atoms with van der Waals surface area (Å²) < 4.78 is 5.65. The van der Waals surface area contributed by atoms with Gasteiger partial charge in [0.15, 0.2) is 5.06 Å². The largest absolute Gasteiger partial charge is 0.414 e. The average Bonchev–Trinajstić information content (AvgIpc) is 2.86. The molecule has 3 heterocycles. The standard InChI is InChI=1S/C18H21ClN4O3S/c1-18(2,23-17(25)26-15-6-4-13(19)27-15)16(24)22-14-5-3-11-7-9-20-10-8-12(11)21-14/h3-6,20H,7-10H2,1-2H3,(H,23,25)(H,21,22,24). The number of hydrogen-bond acceptors (Lipinski definition) is 6. The molecule has 3 N–H and O–H groups in total. The summed E-state index contributed by atoms with van der Waals surface area (Å²) in [5, 5.41) is 9.01. The molecule has 1 aliphatic heterocycles. The molecule has 2 amide bonds. The molecule has 0 bridgehead atoms. The van der Waals surface area contributed by atoms with Crippen LogP contribution in [0.4, 0.5) is 10.6 Å². The summed E-state index contributed by atoms with van der Waals surface area (Å²) in [6.45, 7) is 4.98. The molecule has 0 atom stereocenters. The van der Waals surface area contributed by atoms with E-state index in [0.29, 0.717) is 15.2 Å². The fourth-order valence-electron chi connectivity index (χ4n) is 2.65. The second-order valence-electron chi connectivity index (χ2n) is 6.70. The molecule has 0 saturated carbocycles. The first-order valence-electron chi connectivity index (χ1n) is 8.60. The van der Waals surface area contributed by atoms with Gasteiger partial charge in [0.25, 0.3) is 5.91 Å². The number of rotatable bonds is 4. The number of fused-ring (bicyclic) bond motifs is 1. The molecular weight excluding hydrogens is 388 g/mol. The van der Waals surface area contributed by atoms with Gasteiger partial charge in [-0.15, -0.1) is 0 Å². The minimum absolute atomic E-state index is 0.356. The van der Waals surface area contributed by atoms with Crippen molar-refractivity contribution in [3.05, 3.63) is 39.9 Å². The van der Waals surface area contributed by atoms with Gasteiger partial charge in [0.2, 0.25) is 0 Å². The third-order valence-corrected chi connectivity index (χ3v) is 5.25. The summed E-state index contributed by atoms with van der Waals surface area (Å²) in [4.78, 5) is 29.2. The van der Waals surface area contributed by atoms with Crippen LogP contribution in [0.2, 0.25) is 4.34 Å². The summed E-state index contributed by atoms with van der Waals surface area (Å²) in [6, 6.07) is 6.99. The number of pyridine rings is 1. The number of nitrogens with zero attached hydrogens (tertiary/aromatic N) is 1. The molecule has 0 fully saturated rings. The minimum Gasteiger partial charge on any atom is -0.399 e. The molecule has 2 aromatic rings. The van der Waals surface area contributed by atoms with E-state index in [9.17, 15) is 9.59 Å². The first kappa shape index (κ1) is 19.6. The number of nitrogens with one attached hydrogen (secondary N) is 3. The van der Waals surface area contributed by atoms with Crippen molar-refractivity contribution in [2.45, 2.75) is 32.2 Å². The van der Waals surface area contributed by atoms with E-state index < -0.39 is 11.6 Å². The second kappa shape index (κ2) is 8.24. The maximum atomic E-state index is 12.6. The van der Waals surface area contributed by atoms with Crippen LogP contribution >= 0.6 is 22.9 Å². The normalized spacial score (nSPS) is 14.0. The lowest BCUT2D eigenvalue weighted by molar-refractivity contribution is -0.121. The first-order valence-corrected chi connectivity index (χ1v) is 9.79. The smallest absolute Gasteiger partial charge is 0.399 e. The first-order chi connectivity index (χ1) is 12.8. The van der Waals surface area contributed by atoms with Gasteiger partial charge in [-0.2, -0.15) is 0 Å². The van der Waals surface area contributed by atoms with Gasteiger partial charge in [0.05, 0.1) is 4.34 Å². The van der Waals surface area contributed by atoms with E-state index in [1.165, 1.54) is 5.56 Å². The number of halogens is 1. The molecule has 0 radical (unpaired) electrons. The highest BCUT2D eigenvalue weighted by molar-refractivity contribution is 7.17. The van der Waals surface area contributed by atoms with Gasteiger partial charge in [-0.05, 0) is 50.6 Å². The zero-order valence-corrected chi connectivity index (χ0v) is 16.7. The van der Waals surface area contributed by atoms with E-state index in [-0.39, 0.29) is 5.91 Å². The predicted molar refractivity (Wildman–Crippen MR) is 106 cm³/mol. The van der Waals surface area contributed by atoms with Gasteiger partial charge < -0.3 is 20.7 Å². The van der Waals surface area contributed by atoms with E-state index in [0.717, 1.165) is 43.0 Å². The highest BCUT2D eigenvalue weighted by Gasteiger charge is 2.31. The van der Waals surface area contributed by atoms with Crippen molar-refractivity contribution in [3.8, 4) is 5.06 Å². The van der Waals surface area contributed by atoms with E-state index in [1.807, 2.05) is 6.07 Å². The Bertz CT molecular complexity index is 853. The van der Waals surface area contributed by atoms with Crippen molar-refractivity contribution in [1.29, 1.82) is 0 Å². The Morgan fingerprint density at radius 1 is 1.22 bits per heavy atom. The van der Waals surface area contributed by atoms with E-state index >= 15 is 0 Å². The van der Waals surface area contributed by atoms with Gasteiger partial charge in [-0.1, -0.05) is 29.0 Å². The van der Waals surface area contributed by atoms with Crippen LogP contribution in [-0.2, 0) is 17.6 Å². The quantitative estimate of drug-likeness (QED) is 0.723. The van der Waals surface area contributed by atoms with Crippen molar-refractivity contribution in [3.63, 3.8) is 0 Å². The van der Waals surface area contributed by atoms with E-state index in [1.54, 1.807) is 32.0 Å². The van der Waals surface area contributed by atoms with E-state index in [2.05, 4.69) is 20.9 Å². The summed E-state index contributed by atoms with van der Waals surface area (Å²) in [7, 11) is 0.